The Morgan fingerprint density at radius 3 is 2.96 bits per heavy atom. The largest absolute Gasteiger partial charge is 0.497 e. The first-order chi connectivity index (χ1) is 12.7. The fourth-order valence-corrected chi connectivity index (χ4v) is 2.62. The average Bonchev–Trinajstić information content (AvgIpc) is 2.99. The van der Waals surface area contributed by atoms with E-state index in [4.69, 9.17) is 21.1 Å². The fourth-order valence-electron chi connectivity index (χ4n) is 2.38. The number of methoxy groups -OCH3 is 1. The zero-order chi connectivity index (χ0) is 18.4. The number of hydrogen-bond donors (Lipinski definition) is 1. The molecule has 2 aromatic heterocycles. The molecule has 0 aliphatic heterocycles. The minimum absolute atomic E-state index is 0.235. The second-order valence-electron chi connectivity index (χ2n) is 5.37. The summed E-state index contributed by atoms with van der Waals surface area (Å²) in [7, 11) is 1.60. The van der Waals surface area contributed by atoms with E-state index in [9.17, 15) is 4.79 Å². The number of hydrogen-bond acceptors (Lipinski definition) is 4. The summed E-state index contributed by atoms with van der Waals surface area (Å²) in [5, 5.41) is 3.11. The Labute approximate surface area is 156 Å². The third-order valence-electron chi connectivity index (χ3n) is 3.63. The Kier molecular flexibility index (Phi) is 5.76. The van der Waals surface area contributed by atoms with Gasteiger partial charge in [-0.1, -0.05) is 23.7 Å². The first kappa shape index (κ1) is 17.8. The zero-order valence-corrected chi connectivity index (χ0v) is 14.9. The molecule has 1 amide bonds. The van der Waals surface area contributed by atoms with Gasteiger partial charge in [-0.15, -0.1) is 0 Å². The number of carbonyl (C=O) groups is 1. The maximum absolute atomic E-state index is 12.0. The maximum atomic E-state index is 12.0. The molecule has 7 heteroatoms. The highest BCUT2D eigenvalue weighted by atomic mass is 35.5. The molecular weight excluding hydrogens is 354 g/mol. The van der Waals surface area contributed by atoms with Crippen LogP contribution in [0.2, 0.25) is 5.15 Å². The van der Waals surface area contributed by atoms with Crippen molar-refractivity contribution in [3.8, 4) is 11.5 Å². The predicted molar refractivity (Wildman–Crippen MR) is 101 cm³/mol. The number of amides is 1. The van der Waals surface area contributed by atoms with E-state index in [0.717, 1.165) is 11.4 Å². The summed E-state index contributed by atoms with van der Waals surface area (Å²) in [6.07, 6.45) is 4.90. The van der Waals surface area contributed by atoms with Gasteiger partial charge in [-0.05, 0) is 30.3 Å². The SMILES string of the molecule is COc1cccc(OCCNC(=O)/C=C/c2c(Cl)nc3ccccn23)c1. The molecule has 1 N–H and O–H groups in total. The molecule has 0 fully saturated rings. The molecule has 2 heterocycles. The van der Waals surface area contributed by atoms with Crippen LogP contribution in [0, 0.1) is 0 Å². The summed E-state index contributed by atoms with van der Waals surface area (Å²) < 4.78 is 12.5. The molecule has 0 saturated carbocycles. The molecule has 3 aromatic rings. The van der Waals surface area contributed by atoms with Gasteiger partial charge < -0.3 is 14.8 Å². The first-order valence-corrected chi connectivity index (χ1v) is 8.40. The van der Waals surface area contributed by atoms with Crippen LogP contribution in [0.4, 0.5) is 0 Å². The van der Waals surface area contributed by atoms with E-state index in [-0.39, 0.29) is 5.91 Å². The lowest BCUT2D eigenvalue weighted by Crippen LogP contribution is -2.26. The molecule has 0 saturated heterocycles. The van der Waals surface area contributed by atoms with Crippen molar-refractivity contribution in [3.05, 3.63) is 65.6 Å². The highest BCUT2D eigenvalue weighted by molar-refractivity contribution is 6.31. The van der Waals surface area contributed by atoms with Gasteiger partial charge in [-0.3, -0.25) is 9.20 Å². The molecule has 1 aromatic carbocycles. The fraction of sp³-hybridized carbons (Fsp3) is 0.158. The van der Waals surface area contributed by atoms with E-state index < -0.39 is 0 Å². The minimum Gasteiger partial charge on any atom is -0.497 e. The third-order valence-corrected chi connectivity index (χ3v) is 3.90. The molecule has 0 spiro atoms. The molecule has 6 nitrogen and oxygen atoms in total. The van der Waals surface area contributed by atoms with Gasteiger partial charge in [-0.25, -0.2) is 4.98 Å². The topological polar surface area (TPSA) is 64.9 Å². The van der Waals surface area contributed by atoms with Crippen LogP contribution in [0.3, 0.4) is 0 Å². The van der Waals surface area contributed by atoms with Crippen LogP contribution in [0.1, 0.15) is 5.69 Å². The van der Waals surface area contributed by atoms with E-state index in [1.807, 2.05) is 47.0 Å². The van der Waals surface area contributed by atoms with Crippen LogP contribution in [0.25, 0.3) is 11.7 Å². The Morgan fingerprint density at radius 2 is 2.12 bits per heavy atom. The number of halogens is 1. The summed E-state index contributed by atoms with van der Waals surface area (Å²) in [5.74, 6) is 1.17. The molecule has 3 rings (SSSR count). The van der Waals surface area contributed by atoms with Crippen LogP contribution in [-0.4, -0.2) is 35.6 Å². The summed E-state index contributed by atoms with van der Waals surface area (Å²) in [4.78, 5) is 16.2. The number of benzene rings is 1. The van der Waals surface area contributed by atoms with Crippen LogP contribution in [0.15, 0.2) is 54.7 Å². The average molecular weight is 372 g/mol. The summed E-state index contributed by atoms with van der Waals surface area (Å²) in [5.41, 5.74) is 1.38. The quantitative estimate of drug-likeness (QED) is 0.511. The Morgan fingerprint density at radius 1 is 1.27 bits per heavy atom. The Hall–Kier alpha value is -2.99. The van der Waals surface area contributed by atoms with E-state index in [0.29, 0.717) is 29.7 Å². The molecule has 0 aliphatic rings. The van der Waals surface area contributed by atoms with Gasteiger partial charge in [0.25, 0.3) is 0 Å². The van der Waals surface area contributed by atoms with Gasteiger partial charge in [0.1, 0.15) is 23.8 Å². The number of nitrogens with zero attached hydrogens (tertiary/aromatic N) is 2. The molecule has 0 unspecified atom stereocenters. The first-order valence-electron chi connectivity index (χ1n) is 8.03. The van der Waals surface area contributed by atoms with Gasteiger partial charge in [0.15, 0.2) is 5.15 Å². The van der Waals surface area contributed by atoms with Crippen LogP contribution >= 0.6 is 11.6 Å². The lowest BCUT2D eigenvalue weighted by Gasteiger charge is -2.07. The molecule has 0 bridgehead atoms. The minimum atomic E-state index is -0.235. The standard InChI is InChI=1S/C19H18ClN3O3/c1-25-14-5-4-6-15(13-14)26-12-10-21-18(24)9-8-16-19(20)22-17-7-2-3-11-23(16)17/h2-9,11,13H,10,12H2,1H3,(H,21,24)/b9-8+. The number of rotatable bonds is 7. The molecular formula is C19H18ClN3O3. The summed E-state index contributed by atoms with van der Waals surface area (Å²) in [6, 6.07) is 12.9. The van der Waals surface area contributed by atoms with Crippen molar-refractivity contribution in [1.29, 1.82) is 0 Å². The van der Waals surface area contributed by atoms with Crippen LogP contribution in [0.5, 0.6) is 11.5 Å². The normalized spacial score (nSPS) is 11.0. The third kappa shape index (κ3) is 4.34. The summed E-state index contributed by atoms with van der Waals surface area (Å²) in [6.45, 7) is 0.727. The number of nitrogens with one attached hydrogen (secondary N) is 1. The molecule has 26 heavy (non-hydrogen) atoms. The van der Waals surface area contributed by atoms with E-state index in [2.05, 4.69) is 10.3 Å². The molecule has 134 valence electrons. The number of ether oxygens (including phenoxy) is 2. The summed E-state index contributed by atoms with van der Waals surface area (Å²) >= 11 is 6.13. The van der Waals surface area contributed by atoms with Crippen LogP contribution < -0.4 is 14.8 Å². The van der Waals surface area contributed by atoms with Gasteiger partial charge in [0.2, 0.25) is 5.91 Å². The number of aromatic nitrogens is 2. The van der Waals surface area contributed by atoms with Gasteiger partial charge >= 0.3 is 0 Å². The second kappa shape index (κ2) is 8.40. The Balaban J connectivity index is 1.50. The Bertz CT molecular complexity index is 937. The maximum Gasteiger partial charge on any atom is 0.244 e. The van der Waals surface area contributed by atoms with Gasteiger partial charge in [-0.2, -0.15) is 0 Å². The van der Waals surface area contributed by atoms with Gasteiger partial charge in [0.05, 0.1) is 19.3 Å². The van der Waals surface area contributed by atoms with E-state index >= 15 is 0 Å². The van der Waals surface area contributed by atoms with Crippen molar-refractivity contribution >= 4 is 29.2 Å². The van der Waals surface area contributed by atoms with Crippen LogP contribution in [-0.2, 0) is 4.79 Å². The monoisotopic (exact) mass is 371 g/mol. The van der Waals surface area contributed by atoms with E-state index in [1.165, 1.54) is 6.08 Å². The van der Waals surface area contributed by atoms with Crippen molar-refractivity contribution in [2.45, 2.75) is 0 Å². The molecule has 0 radical (unpaired) electrons. The number of carbonyl (C=O) groups excluding carboxylic acids is 1. The highest BCUT2D eigenvalue weighted by Gasteiger charge is 2.07. The lowest BCUT2D eigenvalue weighted by molar-refractivity contribution is -0.116. The second-order valence-corrected chi connectivity index (χ2v) is 5.73. The predicted octanol–water partition coefficient (Wildman–Crippen LogP) is 3.20. The smallest absolute Gasteiger partial charge is 0.244 e. The van der Waals surface area contributed by atoms with Crippen molar-refractivity contribution in [1.82, 2.24) is 14.7 Å². The van der Waals surface area contributed by atoms with Crippen molar-refractivity contribution in [3.63, 3.8) is 0 Å². The highest BCUT2D eigenvalue weighted by Crippen LogP contribution is 2.19. The number of imidazole rings is 1. The number of fused-ring (bicyclic) bond motifs is 1. The van der Waals surface area contributed by atoms with Crippen molar-refractivity contribution in [2.75, 3.05) is 20.3 Å². The molecule has 0 aliphatic carbocycles. The van der Waals surface area contributed by atoms with Crippen molar-refractivity contribution in [2.24, 2.45) is 0 Å². The van der Waals surface area contributed by atoms with Gasteiger partial charge in [0, 0.05) is 18.3 Å². The molecule has 0 atom stereocenters. The number of pyridine rings is 1. The zero-order valence-electron chi connectivity index (χ0n) is 14.2. The van der Waals surface area contributed by atoms with Crippen molar-refractivity contribution < 1.29 is 14.3 Å². The lowest BCUT2D eigenvalue weighted by atomic mass is 10.3. The van der Waals surface area contributed by atoms with E-state index in [1.54, 1.807) is 19.3 Å².